The van der Waals surface area contributed by atoms with Crippen LogP contribution in [-0.4, -0.2) is 35.8 Å². The number of nitro groups is 1. The number of nitro benzene ring substituents is 1. The summed E-state index contributed by atoms with van der Waals surface area (Å²) in [4.78, 5) is 21.1. The molecule has 0 amide bonds. The third-order valence-corrected chi connectivity index (χ3v) is 2.90. The van der Waals surface area contributed by atoms with Crippen molar-refractivity contribution in [3.05, 3.63) is 33.9 Å². The predicted octanol–water partition coefficient (Wildman–Crippen LogP) is 1.71. The van der Waals surface area contributed by atoms with Crippen molar-refractivity contribution < 1.29 is 24.3 Å². The molecule has 0 bridgehead atoms. The van der Waals surface area contributed by atoms with Gasteiger partial charge in [0.25, 0.3) is 5.69 Å². The van der Waals surface area contributed by atoms with Gasteiger partial charge in [-0.1, -0.05) is 0 Å². The van der Waals surface area contributed by atoms with Crippen molar-refractivity contribution in [3.8, 4) is 5.75 Å². The lowest BCUT2D eigenvalue weighted by Crippen LogP contribution is -2.13. The standard InChI is InChI=1S/C12H13NO6/c14-12(15)10-2-1-9(13(16)17)5-11(10)19-7-8-3-4-18-6-8/h1-2,5,8H,3-4,6-7H2,(H,14,15). The summed E-state index contributed by atoms with van der Waals surface area (Å²) < 4.78 is 10.6. The Labute approximate surface area is 108 Å². The minimum Gasteiger partial charge on any atom is -0.492 e. The Morgan fingerprint density at radius 3 is 2.95 bits per heavy atom. The van der Waals surface area contributed by atoms with Crippen molar-refractivity contribution in [1.82, 2.24) is 0 Å². The molecule has 0 aliphatic carbocycles. The first-order chi connectivity index (χ1) is 9.08. The van der Waals surface area contributed by atoms with E-state index in [0.717, 1.165) is 18.6 Å². The first-order valence-corrected chi connectivity index (χ1v) is 5.80. The molecule has 1 aromatic rings. The molecule has 1 saturated heterocycles. The van der Waals surface area contributed by atoms with Gasteiger partial charge in [0.2, 0.25) is 0 Å². The fraction of sp³-hybridized carbons (Fsp3) is 0.417. The van der Waals surface area contributed by atoms with E-state index in [-0.39, 0.29) is 22.9 Å². The summed E-state index contributed by atoms with van der Waals surface area (Å²) in [5.41, 5.74) is -0.271. The minimum absolute atomic E-state index is 0.0219. The number of hydrogen-bond donors (Lipinski definition) is 1. The summed E-state index contributed by atoms with van der Waals surface area (Å²) in [6.07, 6.45) is 0.845. The summed E-state index contributed by atoms with van der Waals surface area (Å²) in [6, 6.07) is 3.47. The molecule has 1 aliphatic rings. The van der Waals surface area contributed by atoms with E-state index in [9.17, 15) is 14.9 Å². The predicted molar refractivity (Wildman–Crippen MR) is 64.5 cm³/mol. The van der Waals surface area contributed by atoms with Gasteiger partial charge in [0.15, 0.2) is 0 Å². The Balaban J connectivity index is 2.16. The van der Waals surface area contributed by atoms with Gasteiger partial charge in [-0.05, 0) is 12.5 Å². The van der Waals surface area contributed by atoms with Gasteiger partial charge in [0.1, 0.15) is 11.3 Å². The Morgan fingerprint density at radius 1 is 1.58 bits per heavy atom. The second kappa shape index (κ2) is 5.66. The molecule has 2 rings (SSSR count). The number of carbonyl (C=O) groups is 1. The first-order valence-electron chi connectivity index (χ1n) is 5.80. The van der Waals surface area contributed by atoms with E-state index in [1.807, 2.05) is 0 Å². The van der Waals surface area contributed by atoms with Gasteiger partial charge in [-0.25, -0.2) is 4.79 Å². The second-order valence-electron chi connectivity index (χ2n) is 4.28. The monoisotopic (exact) mass is 267 g/mol. The zero-order chi connectivity index (χ0) is 13.8. The normalized spacial score (nSPS) is 18.2. The van der Waals surface area contributed by atoms with Crippen molar-refractivity contribution in [2.75, 3.05) is 19.8 Å². The quantitative estimate of drug-likeness (QED) is 0.644. The maximum absolute atomic E-state index is 11.0. The van der Waals surface area contributed by atoms with Crippen molar-refractivity contribution in [2.24, 2.45) is 5.92 Å². The molecule has 1 heterocycles. The lowest BCUT2D eigenvalue weighted by Gasteiger charge is -2.12. The number of carboxylic acids is 1. The van der Waals surface area contributed by atoms with Gasteiger partial charge in [0, 0.05) is 18.6 Å². The Kier molecular flexibility index (Phi) is 3.96. The summed E-state index contributed by atoms with van der Waals surface area (Å²) in [5.74, 6) is -0.956. The van der Waals surface area contributed by atoms with Gasteiger partial charge < -0.3 is 14.6 Å². The zero-order valence-electron chi connectivity index (χ0n) is 10.1. The van der Waals surface area contributed by atoms with Crippen LogP contribution in [-0.2, 0) is 4.74 Å². The number of benzene rings is 1. The van der Waals surface area contributed by atoms with Gasteiger partial charge >= 0.3 is 5.97 Å². The van der Waals surface area contributed by atoms with Crippen LogP contribution in [0.4, 0.5) is 5.69 Å². The Hall–Kier alpha value is -2.15. The topological polar surface area (TPSA) is 98.9 Å². The van der Waals surface area contributed by atoms with Crippen molar-refractivity contribution >= 4 is 11.7 Å². The molecule has 1 fully saturated rings. The Morgan fingerprint density at radius 2 is 2.37 bits per heavy atom. The molecular formula is C12H13NO6. The number of aromatic carboxylic acids is 1. The van der Waals surface area contributed by atoms with Crippen molar-refractivity contribution in [3.63, 3.8) is 0 Å². The number of carboxylic acid groups (broad SMARTS) is 1. The van der Waals surface area contributed by atoms with E-state index in [2.05, 4.69) is 0 Å². The van der Waals surface area contributed by atoms with Crippen LogP contribution >= 0.6 is 0 Å². The molecule has 102 valence electrons. The third-order valence-electron chi connectivity index (χ3n) is 2.90. The maximum atomic E-state index is 11.0. The number of non-ortho nitro benzene ring substituents is 1. The van der Waals surface area contributed by atoms with Crippen LogP contribution in [0.2, 0.25) is 0 Å². The van der Waals surface area contributed by atoms with Crippen molar-refractivity contribution in [1.29, 1.82) is 0 Å². The molecule has 1 aromatic carbocycles. The molecule has 1 N–H and O–H groups in total. The smallest absolute Gasteiger partial charge is 0.339 e. The number of ether oxygens (including phenoxy) is 2. The summed E-state index contributed by atoms with van der Waals surface area (Å²) >= 11 is 0. The molecule has 0 radical (unpaired) electrons. The van der Waals surface area contributed by atoms with E-state index >= 15 is 0 Å². The van der Waals surface area contributed by atoms with Gasteiger partial charge in [0.05, 0.1) is 24.2 Å². The van der Waals surface area contributed by atoms with Gasteiger partial charge in [-0.3, -0.25) is 10.1 Å². The van der Waals surface area contributed by atoms with Crippen LogP contribution in [0, 0.1) is 16.0 Å². The van der Waals surface area contributed by atoms with Crippen LogP contribution in [0.25, 0.3) is 0 Å². The highest BCUT2D eigenvalue weighted by molar-refractivity contribution is 5.91. The summed E-state index contributed by atoms with van der Waals surface area (Å²) in [7, 11) is 0. The van der Waals surface area contributed by atoms with E-state index in [1.165, 1.54) is 6.07 Å². The fourth-order valence-corrected chi connectivity index (χ4v) is 1.84. The van der Waals surface area contributed by atoms with Gasteiger partial charge in [-0.2, -0.15) is 0 Å². The highest BCUT2D eigenvalue weighted by Crippen LogP contribution is 2.26. The average molecular weight is 267 g/mol. The van der Waals surface area contributed by atoms with E-state index in [1.54, 1.807) is 0 Å². The molecule has 0 spiro atoms. The zero-order valence-corrected chi connectivity index (χ0v) is 10.1. The third kappa shape index (κ3) is 3.19. The number of nitrogens with zero attached hydrogens (tertiary/aromatic N) is 1. The summed E-state index contributed by atoms with van der Waals surface area (Å²) in [6.45, 7) is 1.52. The van der Waals surface area contributed by atoms with Crippen LogP contribution in [0.3, 0.4) is 0 Å². The molecular weight excluding hydrogens is 254 g/mol. The van der Waals surface area contributed by atoms with Gasteiger partial charge in [-0.15, -0.1) is 0 Å². The highest BCUT2D eigenvalue weighted by atomic mass is 16.6. The molecule has 0 saturated carbocycles. The van der Waals surface area contributed by atoms with Crippen LogP contribution < -0.4 is 4.74 Å². The number of rotatable bonds is 5. The van der Waals surface area contributed by atoms with E-state index in [4.69, 9.17) is 14.6 Å². The van der Waals surface area contributed by atoms with E-state index in [0.29, 0.717) is 19.8 Å². The lowest BCUT2D eigenvalue weighted by molar-refractivity contribution is -0.384. The first kappa shape index (κ1) is 13.3. The molecule has 7 nitrogen and oxygen atoms in total. The van der Waals surface area contributed by atoms with E-state index < -0.39 is 10.9 Å². The molecule has 7 heteroatoms. The second-order valence-corrected chi connectivity index (χ2v) is 4.28. The average Bonchev–Trinajstić information content (AvgIpc) is 2.88. The Bertz CT molecular complexity index is 495. The van der Waals surface area contributed by atoms with Crippen molar-refractivity contribution in [2.45, 2.75) is 6.42 Å². The largest absolute Gasteiger partial charge is 0.492 e. The number of hydrogen-bond acceptors (Lipinski definition) is 5. The highest BCUT2D eigenvalue weighted by Gasteiger charge is 2.20. The van der Waals surface area contributed by atoms with Crippen LogP contribution in [0.1, 0.15) is 16.8 Å². The molecule has 1 unspecified atom stereocenters. The lowest BCUT2D eigenvalue weighted by atomic mass is 10.1. The molecule has 0 aromatic heterocycles. The molecule has 1 atom stereocenters. The SMILES string of the molecule is O=C(O)c1ccc([N+](=O)[O-])cc1OCC1CCOC1. The molecule has 19 heavy (non-hydrogen) atoms. The summed E-state index contributed by atoms with van der Waals surface area (Å²) in [5, 5.41) is 19.7. The van der Waals surface area contributed by atoms with Crippen LogP contribution in [0.15, 0.2) is 18.2 Å². The minimum atomic E-state index is -1.17. The fourth-order valence-electron chi connectivity index (χ4n) is 1.84. The molecule has 1 aliphatic heterocycles. The van der Waals surface area contributed by atoms with Crippen LogP contribution in [0.5, 0.6) is 5.75 Å². The maximum Gasteiger partial charge on any atom is 0.339 e.